The highest BCUT2D eigenvalue weighted by molar-refractivity contribution is 7.89. The zero-order valence-electron chi connectivity index (χ0n) is 15.0. The van der Waals surface area contributed by atoms with Gasteiger partial charge in [-0.1, -0.05) is 35.4 Å². The summed E-state index contributed by atoms with van der Waals surface area (Å²) in [6.07, 6.45) is 0. The number of piperazine rings is 1. The van der Waals surface area contributed by atoms with Crippen LogP contribution in [0.15, 0.2) is 47.4 Å². The van der Waals surface area contributed by atoms with Gasteiger partial charge in [0.05, 0.1) is 14.8 Å². The zero-order chi connectivity index (χ0) is 19.8. The molecule has 0 aromatic heterocycles. The smallest absolute Gasteiger partial charge is 0.294 e. The van der Waals surface area contributed by atoms with Crippen LogP contribution in [0.2, 0.25) is 5.02 Å². The molecule has 0 amide bonds. The molecule has 1 heterocycles. The molecule has 27 heavy (non-hydrogen) atoms. The van der Waals surface area contributed by atoms with E-state index in [1.165, 1.54) is 16.4 Å². The molecule has 0 spiro atoms. The summed E-state index contributed by atoms with van der Waals surface area (Å²) in [6, 6.07) is 10.9. The van der Waals surface area contributed by atoms with Crippen LogP contribution in [0.3, 0.4) is 0 Å². The van der Waals surface area contributed by atoms with E-state index < -0.39 is 14.9 Å². The third kappa shape index (κ3) is 3.78. The molecule has 2 aromatic carbocycles. The minimum atomic E-state index is -3.63. The predicted molar refractivity (Wildman–Crippen MR) is 105 cm³/mol. The van der Waals surface area contributed by atoms with Crippen LogP contribution in [0.5, 0.6) is 0 Å². The number of benzene rings is 2. The SMILES string of the molecule is Cc1ccc(S(=O)(=O)N2CCN(c3c(Cl)cccc3[N+](=O)[O-])C[C@H]2C)cc1. The number of hydrogen-bond donors (Lipinski definition) is 0. The number of nitro groups is 1. The van der Waals surface area contributed by atoms with E-state index in [9.17, 15) is 18.5 Å². The number of halogens is 1. The Morgan fingerprint density at radius 1 is 1.15 bits per heavy atom. The Morgan fingerprint density at radius 3 is 2.41 bits per heavy atom. The van der Waals surface area contributed by atoms with Crippen LogP contribution in [0.1, 0.15) is 12.5 Å². The second-order valence-electron chi connectivity index (χ2n) is 6.59. The Morgan fingerprint density at radius 2 is 1.81 bits per heavy atom. The Kier molecular flexibility index (Phi) is 5.41. The van der Waals surface area contributed by atoms with E-state index in [0.717, 1.165) is 5.56 Å². The van der Waals surface area contributed by atoms with E-state index in [1.807, 2.05) is 6.92 Å². The van der Waals surface area contributed by atoms with E-state index in [-0.39, 0.29) is 28.2 Å². The van der Waals surface area contributed by atoms with Crippen LogP contribution in [-0.2, 0) is 10.0 Å². The van der Waals surface area contributed by atoms with E-state index in [0.29, 0.717) is 18.8 Å². The van der Waals surface area contributed by atoms with Crippen LogP contribution in [0.25, 0.3) is 0 Å². The predicted octanol–water partition coefficient (Wildman–Crippen LogP) is 3.46. The zero-order valence-corrected chi connectivity index (χ0v) is 16.6. The van der Waals surface area contributed by atoms with E-state index in [2.05, 4.69) is 0 Å². The molecule has 0 unspecified atom stereocenters. The molecule has 1 aliphatic rings. The highest BCUT2D eigenvalue weighted by Crippen LogP contribution is 2.37. The number of hydrogen-bond acceptors (Lipinski definition) is 5. The number of aryl methyl sites for hydroxylation is 1. The van der Waals surface area contributed by atoms with Gasteiger partial charge < -0.3 is 4.90 Å². The molecule has 9 heteroatoms. The van der Waals surface area contributed by atoms with Gasteiger partial charge in [-0.2, -0.15) is 4.31 Å². The van der Waals surface area contributed by atoms with Crippen molar-refractivity contribution < 1.29 is 13.3 Å². The van der Waals surface area contributed by atoms with Crippen molar-refractivity contribution in [3.05, 3.63) is 63.2 Å². The third-order valence-corrected chi connectivity index (χ3v) is 7.01. The van der Waals surface area contributed by atoms with Gasteiger partial charge in [0.15, 0.2) is 0 Å². The van der Waals surface area contributed by atoms with Gasteiger partial charge in [0.25, 0.3) is 5.69 Å². The summed E-state index contributed by atoms with van der Waals surface area (Å²) in [5, 5.41) is 11.6. The van der Waals surface area contributed by atoms with E-state index in [4.69, 9.17) is 11.6 Å². The Labute approximate surface area is 163 Å². The molecule has 0 bridgehead atoms. The highest BCUT2D eigenvalue weighted by atomic mass is 35.5. The van der Waals surface area contributed by atoms with E-state index >= 15 is 0 Å². The summed E-state index contributed by atoms with van der Waals surface area (Å²) in [5.41, 5.74) is 1.24. The van der Waals surface area contributed by atoms with Crippen LogP contribution < -0.4 is 4.90 Å². The summed E-state index contributed by atoms with van der Waals surface area (Å²) < 4.78 is 27.4. The van der Waals surface area contributed by atoms with Crippen molar-refractivity contribution in [1.29, 1.82) is 0 Å². The van der Waals surface area contributed by atoms with Crippen LogP contribution in [-0.4, -0.2) is 43.3 Å². The first kappa shape index (κ1) is 19.6. The first-order valence-electron chi connectivity index (χ1n) is 8.48. The number of rotatable bonds is 4. The van der Waals surface area contributed by atoms with Gasteiger partial charge in [0.2, 0.25) is 10.0 Å². The molecule has 1 atom stereocenters. The first-order chi connectivity index (χ1) is 12.7. The normalized spacial score (nSPS) is 18.5. The highest BCUT2D eigenvalue weighted by Gasteiger charge is 2.36. The van der Waals surface area contributed by atoms with Gasteiger partial charge in [-0.3, -0.25) is 10.1 Å². The van der Waals surface area contributed by atoms with Crippen molar-refractivity contribution in [1.82, 2.24) is 4.31 Å². The van der Waals surface area contributed by atoms with Gasteiger partial charge in [0.1, 0.15) is 5.69 Å². The largest absolute Gasteiger partial charge is 0.362 e. The Bertz CT molecular complexity index is 963. The third-order valence-electron chi connectivity index (χ3n) is 4.67. The molecule has 0 N–H and O–H groups in total. The fourth-order valence-corrected chi connectivity index (χ4v) is 5.21. The average molecular weight is 410 g/mol. The number of nitrogens with zero attached hydrogens (tertiary/aromatic N) is 3. The summed E-state index contributed by atoms with van der Waals surface area (Å²) in [6.45, 7) is 4.55. The maximum absolute atomic E-state index is 13.0. The van der Waals surface area contributed by atoms with Gasteiger partial charge >= 0.3 is 0 Å². The lowest BCUT2D eigenvalue weighted by molar-refractivity contribution is -0.384. The van der Waals surface area contributed by atoms with Gasteiger partial charge in [-0.25, -0.2) is 8.42 Å². The van der Waals surface area contributed by atoms with Gasteiger partial charge in [0, 0.05) is 31.7 Å². The second kappa shape index (κ2) is 7.46. The van der Waals surface area contributed by atoms with Crippen LogP contribution in [0.4, 0.5) is 11.4 Å². The minimum Gasteiger partial charge on any atom is -0.362 e. The maximum atomic E-state index is 13.0. The topological polar surface area (TPSA) is 83.8 Å². The van der Waals surface area contributed by atoms with Crippen molar-refractivity contribution in [3.8, 4) is 0 Å². The average Bonchev–Trinajstić information content (AvgIpc) is 2.61. The molecule has 0 saturated carbocycles. The van der Waals surface area contributed by atoms with Crippen molar-refractivity contribution in [2.24, 2.45) is 0 Å². The molecule has 3 rings (SSSR count). The van der Waals surface area contributed by atoms with Crippen LogP contribution in [0, 0.1) is 17.0 Å². The molecular weight excluding hydrogens is 390 g/mol. The van der Waals surface area contributed by atoms with Crippen molar-refractivity contribution in [2.75, 3.05) is 24.5 Å². The summed E-state index contributed by atoms with van der Waals surface area (Å²) in [5.74, 6) is 0. The molecular formula is C18H20ClN3O4S. The molecule has 1 fully saturated rings. The summed E-state index contributed by atoms with van der Waals surface area (Å²) in [4.78, 5) is 12.9. The van der Waals surface area contributed by atoms with Crippen molar-refractivity contribution in [3.63, 3.8) is 0 Å². The number of para-hydroxylation sites is 1. The molecule has 1 saturated heterocycles. The first-order valence-corrected chi connectivity index (χ1v) is 10.3. The van der Waals surface area contributed by atoms with Crippen molar-refractivity contribution >= 4 is 33.0 Å². The minimum absolute atomic E-state index is 0.0791. The van der Waals surface area contributed by atoms with E-state index in [1.54, 1.807) is 42.2 Å². The monoisotopic (exact) mass is 409 g/mol. The molecule has 0 aliphatic carbocycles. The summed E-state index contributed by atoms with van der Waals surface area (Å²) in [7, 11) is -3.63. The lowest BCUT2D eigenvalue weighted by Crippen LogP contribution is -2.54. The summed E-state index contributed by atoms with van der Waals surface area (Å²) >= 11 is 6.21. The Balaban J connectivity index is 1.87. The van der Waals surface area contributed by atoms with Gasteiger partial charge in [-0.05, 0) is 32.0 Å². The Hall–Kier alpha value is -2.16. The molecule has 7 nitrogen and oxygen atoms in total. The fraction of sp³-hybridized carbons (Fsp3) is 0.333. The standard InChI is InChI=1S/C18H20ClN3O4S/c1-13-6-8-15(9-7-13)27(25,26)21-11-10-20(12-14(21)2)18-16(19)4-3-5-17(18)22(23)24/h3-9,14H,10-12H2,1-2H3/t14-/m1/s1. The van der Waals surface area contributed by atoms with Crippen LogP contribution >= 0.6 is 11.6 Å². The molecule has 0 radical (unpaired) electrons. The lowest BCUT2D eigenvalue weighted by Gasteiger charge is -2.40. The molecule has 1 aliphatic heterocycles. The number of nitro benzene ring substituents is 1. The molecule has 144 valence electrons. The molecule has 2 aromatic rings. The quantitative estimate of drug-likeness (QED) is 0.570. The fourth-order valence-electron chi connectivity index (χ4n) is 3.31. The van der Waals surface area contributed by atoms with Gasteiger partial charge in [-0.15, -0.1) is 0 Å². The lowest BCUT2D eigenvalue weighted by atomic mass is 10.2. The number of anilines is 1. The second-order valence-corrected chi connectivity index (χ2v) is 8.89. The maximum Gasteiger partial charge on any atom is 0.294 e. The number of sulfonamides is 1. The van der Waals surface area contributed by atoms with Crippen molar-refractivity contribution in [2.45, 2.75) is 24.8 Å².